The van der Waals surface area contributed by atoms with Crippen LogP contribution in [0.1, 0.15) is 19.3 Å². The smallest absolute Gasteiger partial charge is 0.238 e. The summed E-state index contributed by atoms with van der Waals surface area (Å²) in [6.45, 7) is 1.76. The number of amides is 1. The van der Waals surface area contributed by atoms with E-state index in [1.54, 1.807) is 6.20 Å². The summed E-state index contributed by atoms with van der Waals surface area (Å²) in [5.41, 5.74) is 5.69. The first-order valence-corrected chi connectivity index (χ1v) is 6.86. The molecule has 1 aromatic rings. The van der Waals surface area contributed by atoms with Gasteiger partial charge in [-0.1, -0.05) is 6.07 Å². The van der Waals surface area contributed by atoms with Crippen LogP contribution in [0.5, 0.6) is 0 Å². The summed E-state index contributed by atoms with van der Waals surface area (Å²) in [7, 11) is 0. The van der Waals surface area contributed by atoms with Crippen molar-refractivity contribution in [1.82, 2.24) is 10.3 Å². The first kappa shape index (κ1) is 14.4. The quantitative estimate of drug-likeness (QED) is 0.784. The lowest BCUT2D eigenvalue weighted by Crippen LogP contribution is -2.49. The molecule has 1 aliphatic rings. The van der Waals surface area contributed by atoms with E-state index in [0.29, 0.717) is 0 Å². The Kier molecular flexibility index (Phi) is 4.97. The number of aromatic nitrogens is 1. The molecular weight excluding hydrogens is 252 g/mol. The van der Waals surface area contributed by atoms with Crippen molar-refractivity contribution in [3.05, 3.63) is 24.4 Å². The van der Waals surface area contributed by atoms with Crippen molar-refractivity contribution in [3.8, 4) is 12.3 Å². The maximum atomic E-state index is 11.8. The second kappa shape index (κ2) is 6.92. The van der Waals surface area contributed by atoms with Crippen LogP contribution < -0.4 is 16.0 Å². The molecule has 0 radical (unpaired) electrons. The van der Waals surface area contributed by atoms with Gasteiger partial charge >= 0.3 is 0 Å². The average molecular weight is 272 g/mol. The van der Waals surface area contributed by atoms with Gasteiger partial charge in [0.1, 0.15) is 5.82 Å². The molecule has 0 saturated carbocycles. The topological polar surface area (TPSA) is 71.2 Å². The molecule has 20 heavy (non-hydrogen) atoms. The number of carbonyl (C=O) groups excluding carboxylic acids is 1. The van der Waals surface area contributed by atoms with Crippen LogP contribution in [-0.4, -0.2) is 36.1 Å². The van der Waals surface area contributed by atoms with Crippen molar-refractivity contribution in [2.75, 3.05) is 18.0 Å². The fourth-order valence-electron chi connectivity index (χ4n) is 2.32. The number of hydrogen-bond acceptors (Lipinski definition) is 4. The zero-order valence-electron chi connectivity index (χ0n) is 11.5. The third-order valence-electron chi connectivity index (χ3n) is 3.49. The molecule has 2 rings (SSSR count). The SMILES string of the molecule is C#CCC(N)C(=O)NC1CCN(c2ccccn2)CC1. The number of nitrogens with zero attached hydrogens (tertiary/aromatic N) is 2. The lowest BCUT2D eigenvalue weighted by atomic mass is 10.0. The minimum absolute atomic E-state index is 0.153. The van der Waals surface area contributed by atoms with E-state index in [-0.39, 0.29) is 18.4 Å². The number of pyridine rings is 1. The number of terminal acetylenes is 1. The number of hydrogen-bond donors (Lipinski definition) is 2. The van der Waals surface area contributed by atoms with Gasteiger partial charge in [-0.15, -0.1) is 12.3 Å². The predicted octanol–water partition coefficient (Wildman–Crippen LogP) is 0.517. The molecular formula is C15H20N4O. The van der Waals surface area contributed by atoms with E-state index < -0.39 is 6.04 Å². The zero-order valence-corrected chi connectivity index (χ0v) is 11.5. The normalized spacial score (nSPS) is 17.3. The highest BCUT2D eigenvalue weighted by Gasteiger charge is 2.23. The highest BCUT2D eigenvalue weighted by atomic mass is 16.2. The Balaban J connectivity index is 1.80. The molecule has 1 atom stereocenters. The summed E-state index contributed by atoms with van der Waals surface area (Å²) in [5.74, 6) is 3.25. The Labute approximate surface area is 119 Å². The van der Waals surface area contributed by atoms with Gasteiger partial charge in [0.2, 0.25) is 5.91 Å². The maximum Gasteiger partial charge on any atom is 0.238 e. The van der Waals surface area contributed by atoms with Gasteiger partial charge in [0.05, 0.1) is 6.04 Å². The van der Waals surface area contributed by atoms with Gasteiger partial charge in [0.15, 0.2) is 0 Å². The number of nitrogens with one attached hydrogen (secondary N) is 1. The molecule has 5 heteroatoms. The molecule has 1 amide bonds. The van der Waals surface area contributed by atoms with Crippen LogP contribution in [0.3, 0.4) is 0 Å². The first-order chi connectivity index (χ1) is 9.70. The van der Waals surface area contributed by atoms with Crippen molar-refractivity contribution < 1.29 is 4.79 Å². The molecule has 0 aliphatic carbocycles. The van der Waals surface area contributed by atoms with Gasteiger partial charge < -0.3 is 16.0 Å². The molecule has 106 valence electrons. The summed E-state index contributed by atoms with van der Waals surface area (Å²) in [6, 6.07) is 5.46. The largest absolute Gasteiger partial charge is 0.356 e. The third kappa shape index (κ3) is 3.72. The number of carbonyl (C=O) groups is 1. The summed E-state index contributed by atoms with van der Waals surface area (Å²) in [6.07, 6.45) is 9.02. The van der Waals surface area contributed by atoms with E-state index >= 15 is 0 Å². The predicted molar refractivity (Wildman–Crippen MR) is 79.0 cm³/mol. The van der Waals surface area contributed by atoms with Crippen LogP contribution in [0.15, 0.2) is 24.4 Å². The maximum absolute atomic E-state index is 11.8. The average Bonchev–Trinajstić information content (AvgIpc) is 2.49. The van der Waals surface area contributed by atoms with Crippen LogP contribution in [0.2, 0.25) is 0 Å². The van der Waals surface area contributed by atoms with Gasteiger partial charge in [-0.25, -0.2) is 4.98 Å². The molecule has 1 saturated heterocycles. The molecule has 1 aliphatic heterocycles. The lowest BCUT2D eigenvalue weighted by molar-refractivity contribution is -0.123. The second-order valence-electron chi connectivity index (χ2n) is 4.97. The summed E-state index contributed by atoms with van der Waals surface area (Å²) in [5, 5.41) is 2.97. The van der Waals surface area contributed by atoms with Gasteiger partial charge in [0.25, 0.3) is 0 Å². The Morgan fingerprint density at radius 1 is 1.55 bits per heavy atom. The van der Waals surface area contributed by atoms with Crippen LogP contribution in [0, 0.1) is 12.3 Å². The van der Waals surface area contributed by atoms with E-state index in [2.05, 4.69) is 21.1 Å². The minimum Gasteiger partial charge on any atom is -0.356 e. The van der Waals surface area contributed by atoms with Gasteiger partial charge in [-0.05, 0) is 25.0 Å². The van der Waals surface area contributed by atoms with Gasteiger partial charge in [-0.2, -0.15) is 0 Å². The lowest BCUT2D eigenvalue weighted by Gasteiger charge is -2.33. The van der Waals surface area contributed by atoms with E-state index in [1.807, 2.05) is 18.2 Å². The molecule has 1 aromatic heterocycles. The number of nitrogens with two attached hydrogens (primary N) is 1. The van der Waals surface area contributed by atoms with Crippen molar-refractivity contribution in [3.63, 3.8) is 0 Å². The van der Waals surface area contributed by atoms with Crippen molar-refractivity contribution >= 4 is 11.7 Å². The van der Waals surface area contributed by atoms with E-state index in [1.165, 1.54) is 0 Å². The monoisotopic (exact) mass is 272 g/mol. The summed E-state index contributed by atoms with van der Waals surface area (Å²) < 4.78 is 0. The molecule has 3 N–H and O–H groups in total. The number of piperidine rings is 1. The molecule has 0 aromatic carbocycles. The third-order valence-corrected chi connectivity index (χ3v) is 3.49. The summed E-state index contributed by atoms with van der Waals surface area (Å²) >= 11 is 0. The van der Waals surface area contributed by atoms with Crippen molar-refractivity contribution in [1.29, 1.82) is 0 Å². The molecule has 0 spiro atoms. The molecule has 0 bridgehead atoms. The Hall–Kier alpha value is -2.06. The molecule has 5 nitrogen and oxygen atoms in total. The van der Waals surface area contributed by atoms with Crippen molar-refractivity contribution in [2.45, 2.75) is 31.3 Å². The van der Waals surface area contributed by atoms with E-state index in [4.69, 9.17) is 12.2 Å². The molecule has 2 heterocycles. The fourth-order valence-corrected chi connectivity index (χ4v) is 2.32. The first-order valence-electron chi connectivity index (χ1n) is 6.86. The van der Waals surface area contributed by atoms with Crippen LogP contribution in [-0.2, 0) is 4.79 Å². The highest BCUT2D eigenvalue weighted by molar-refractivity contribution is 5.82. The standard InChI is InChI=1S/C15H20N4O/c1-2-5-13(16)15(20)18-12-7-10-19(11-8-12)14-6-3-4-9-17-14/h1,3-4,6,9,12-13H,5,7-8,10-11,16H2,(H,18,20). The molecule has 1 fully saturated rings. The van der Waals surface area contributed by atoms with Crippen molar-refractivity contribution in [2.24, 2.45) is 5.73 Å². The summed E-state index contributed by atoms with van der Waals surface area (Å²) in [4.78, 5) is 18.4. The van der Waals surface area contributed by atoms with Crippen LogP contribution in [0.4, 0.5) is 5.82 Å². The van der Waals surface area contributed by atoms with Crippen LogP contribution >= 0.6 is 0 Å². The second-order valence-corrected chi connectivity index (χ2v) is 4.97. The highest BCUT2D eigenvalue weighted by Crippen LogP contribution is 2.17. The Morgan fingerprint density at radius 2 is 2.30 bits per heavy atom. The van der Waals surface area contributed by atoms with Gasteiger partial charge in [-0.3, -0.25) is 4.79 Å². The fraction of sp³-hybridized carbons (Fsp3) is 0.467. The van der Waals surface area contributed by atoms with Crippen LogP contribution in [0.25, 0.3) is 0 Å². The zero-order chi connectivity index (χ0) is 14.4. The Morgan fingerprint density at radius 3 is 2.90 bits per heavy atom. The number of rotatable bonds is 4. The van der Waals surface area contributed by atoms with E-state index in [9.17, 15) is 4.79 Å². The Bertz CT molecular complexity index is 474. The number of anilines is 1. The van der Waals surface area contributed by atoms with Gasteiger partial charge in [0, 0.05) is 31.7 Å². The molecule has 1 unspecified atom stereocenters. The van der Waals surface area contributed by atoms with E-state index in [0.717, 1.165) is 31.7 Å². The minimum atomic E-state index is -0.603.